The summed E-state index contributed by atoms with van der Waals surface area (Å²) in [6.07, 6.45) is -4.82. The molecule has 0 fully saturated rings. The third kappa shape index (κ3) is 4.27. The van der Waals surface area contributed by atoms with E-state index in [1.807, 2.05) is 0 Å². The van der Waals surface area contributed by atoms with Gasteiger partial charge in [-0.2, -0.15) is 13.2 Å². The maximum Gasteiger partial charge on any atom is 0.438 e. The fourth-order valence-corrected chi connectivity index (χ4v) is 3.28. The van der Waals surface area contributed by atoms with Crippen LogP contribution in [0.2, 0.25) is 5.02 Å². The van der Waals surface area contributed by atoms with Gasteiger partial charge < -0.3 is 5.32 Å². The van der Waals surface area contributed by atoms with E-state index in [4.69, 9.17) is 11.6 Å². The highest BCUT2D eigenvalue weighted by Crippen LogP contribution is 2.28. The first kappa shape index (κ1) is 20.9. The molecule has 1 aromatic heterocycles. The molecule has 0 bridgehead atoms. The van der Waals surface area contributed by atoms with Gasteiger partial charge in [0.05, 0.1) is 11.0 Å². The Balaban J connectivity index is 2.04. The molecule has 29 heavy (non-hydrogen) atoms. The molecule has 0 aliphatic carbocycles. The van der Waals surface area contributed by atoms with Crippen LogP contribution >= 0.6 is 11.6 Å². The quantitative estimate of drug-likeness (QED) is 0.664. The van der Waals surface area contributed by atoms with Crippen molar-refractivity contribution in [1.82, 2.24) is 14.9 Å². The number of amides is 1. The number of para-hydroxylation sites is 2. The number of benzene rings is 2. The smallest absolute Gasteiger partial charge is 0.350 e. The molecule has 9 heteroatoms. The molecule has 1 N–H and O–H groups in total. The molecule has 152 valence electrons. The number of carbonyl (C=O) groups excluding carboxylic acids is 1. The van der Waals surface area contributed by atoms with Crippen LogP contribution in [0, 0.1) is 0 Å². The van der Waals surface area contributed by atoms with Crippen LogP contribution in [0.15, 0.2) is 53.3 Å². The van der Waals surface area contributed by atoms with Gasteiger partial charge in [0, 0.05) is 11.6 Å². The lowest BCUT2D eigenvalue weighted by Gasteiger charge is -2.21. The van der Waals surface area contributed by atoms with Gasteiger partial charge in [-0.1, -0.05) is 48.9 Å². The van der Waals surface area contributed by atoms with E-state index < -0.39 is 29.4 Å². The molecule has 1 amide bonds. The van der Waals surface area contributed by atoms with Gasteiger partial charge in [0.25, 0.3) is 5.56 Å². The van der Waals surface area contributed by atoms with E-state index in [-0.39, 0.29) is 24.0 Å². The average molecular weight is 424 g/mol. The zero-order valence-corrected chi connectivity index (χ0v) is 16.1. The van der Waals surface area contributed by atoms with Crippen molar-refractivity contribution in [1.29, 1.82) is 0 Å². The van der Waals surface area contributed by atoms with Crippen molar-refractivity contribution in [3.8, 4) is 0 Å². The second-order valence-corrected chi connectivity index (χ2v) is 6.76. The van der Waals surface area contributed by atoms with Crippen molar-refractivity contribution in [2.45, 2.75) is 32.1 Å². The summed E-state index contributed by atoms with van der Waals surface area (Å²) in [5.41, 5.74) is -2.10. The van der Waals surface area contributed by atoms with Crippen LogP contribution in [-0.2, 0) is 17.5 Å². The summed E-state index contributed by atoms with van der Waals surface area (Å²) in [6.45, 7) is 1.70. The van der Waals surface area contributed by atoms with Crippen LogP contribution in [-0.4, -0.2) is 15.5 Å². The zero-order chi connectivity index (χ0) is 21.2. The third-order valence-corrected chi connectivity index (χ3v) is 4.84. The number of fused-ring (bicyclic) bond motifs is 1. The predicted octanol–water partition coefficient (Wildman–Crippen LogP) is 4.34. The van der Waals surface area contributed by atoms with E-state index in [0.717, 1.165) is 4.57 Å². The first-order valence-electron chi connectivity index (χ1n) is 8.83. The Labute approximate surface area is 169 Å². The number of nitrogens with zero attached hydrogens (tertiary/aromatic N) is 2. The summed E-state index contributed by atoms with van der Waals surface area (Å²) in [7, 11) is 0. The fraction of sp³-hybridized carbons (Fsp3) is 0.250. The Bertz CT molecular complexity index is 1110. The Kier molecular flexibility index (Phi) is 5.93. The van der Waals surface area contributed by atoms with Crippen LogP contribution in [0.3, 0.4) is 0 Å². The maximum absolute atomic E-state index is 13.3. The summed E-state index contributed by atoms with van der Waals surface area (Å²) in [5, 5.41) is 3.11. The molecule has 5 nitrogen and oxygen atoms in total. The van der Waals surface area contributed by atoms with Gasteiger partial charge in [-0.3, -0.25) is 14.2 Å². The minimum Gasteiger partial charge on any atom is -0.350 e. The number of rotatable bonds is 5. The van der Waals surface area contributed by atoms with Crippen LogP contribution < -0.4 is 10.9 Å². The second-order valence-electron chi connectivity index (χ2n) is 6.36. The molecule has 0 saturated heterocycles. The molecule has 3 aromatic rings. The number of hydrogen-bond donors (Lipinski definition) is 1. The third-order valence-electron chi connectivity index (χ3n) is 4.48. The Hall–Kier alpha value is -2.87. The molecular formula is C20H17ClF3N3O2. The minimum absolute atomic E-state index is 0.0169. The van der Waals surface area contributed by atoms with Crippen LogP contribution in [0.1, 0.15) is 30.6 Å². The summed E-state index contributed by atoms with van der Waals surface area (Å²) in [5.74, 6) is -0.584. The zero-order valence-electron chi connectivity index (χ0n) is 15.3. The van der Waals surface area contributed by atoms with Crippen molar-refractivity contribution < 1.29 is 18.0 Å². The van der Waals surface area contributed by atoms with Crippen molar-refractivity contribution >= 4 is 28.5 Å². The molecular weight excluding hydrogens is 407 g/mol. The SMILES string of the molecule is CC[C@H](C(=O)NCc1ccccc1Cl)n1c(=O)c(C(F)(F)F)nc2ccccc21. The van der Waals surface area contributed by atoms with Gasteiger partial charge in [-0.05, 0) is 30.2 Å². The van der Waals surface area contributed by atoms with Gasteiger partial charge in [0.1, 0.15) is 6.04 Å². The molecule has 2 aromatic carbocycles. The monoisotopic (exact) mass is 423 g/mol. The summed E-state index contributed by atoms with van der Waals surface area (Å²) < 4.78 is 40.9. The Morgan fingerprint density at radius 1 is 1.17 bits per heavy atom. The minimum atomic E-state index is -4.94. The predicted molar refractivity (Wildman–Crippen MR) is 104 cm³/mol. The summed E-state index contributed by atoms with van der Waals surface area (Å²) in [6, 6.07) is 11.7. The van der Waals surface area contributed by atoms with Crippen LogP contribution in [0.4, 0.5) is 13.2 Å². The lowest BCUT2D eigenvalue weighted by atomic mass is 10.1. The van der Waals surface area contributed by atoms with Crippen molar-refractivity contribution in [3.05, 3.63) is 75.2 Å². The topological polar surface area (TPSA) is 64.0 Å². The number of halogens is 4. The first-order valence-corrected chi connectivity index (χ1v) is 9.21. The first-order chi connectivity index (χ1) is 13.7. The maximum atomic E-state index is 13.3. The molecule has 0 radical (unpaired) electrons. The molecule has 0 aliphatic heterocycles. The number of alkyl halides is 3. The summed E-state index contributed by atoms with van der Waals surface area (Å²) in [4.78, 5) is 28.9. The number of nitrogens with one attached hydrogen (secondary N) is 1. The highest BCUT2D eigenvalue weighted by molar-refractivity contribution is 6.31. The highest BCUT2D eigenvalue weighted by atomic mass is 35.5. The van der Waals surface area contributed by atoms with Gasteiger partial charge in [-0.15, -0.1) is 0 Å². The lowest BCUT2D eigenvalue weighted by molar-refractivity contribution is -0.142. The Morgan fingerprint density at radius 3 is 2.48 bits per heavy atom. The molecule has 0 aliphatic rings. The van der Waals surface area contributed by atoms with Gasteiger partial charge in [0.15, 0.2) is 0 Å². The van der Waals surface area contributed by atoms with Crippen molar-refractivity contribution in [3.63, 3.8) is 0 Å². The highest BCUT2D eigenvalue weighted by Gasteiger charge is 2.38. The molecule has 0 saturated carbocycles. The largest absolute Gasteiger partial charge is 0.438 e. The number of carbonyl (C=O) groups is 1. The number of hydrogen-bond acceptors (Lipinski definition) is 3. The lowest BCUT2D eigenvalue weighted by Crippen LogP contribution is -2.40. The average Bonchev–Trinajstić information content (AvgIpc) is 2.68. The Morgan fingerprint density at radius 2 is 1.83 bits per heavy atom. The van der Waals surface area contributed by atoms with E-state index in [1.165, 1.54) is 18.2 Å². The van der Waals surface area contributed by atoms with Gasteiger partial charge >= 0.3 is 6.18 Å². The molecule has 0 spiro atoms. The summed E-state index contributed by atoms with van der Waals surface area (Å²) >= 11 is 6.07. The van der Waals surface area contributed by atoms with Crippen LogP contribution in [0.25, 0.3) is 11.0 Å². The molecule has 0 unspecified atom stereocenters. The van der Waals surface area contributed by atoms with E-state index in [1.54, 1.807) is 37.3 Å². The fourth-order valence-electron chi connectivity index (χ4n) is 3.08. The standard InChI is InChI=1S/C20H17ClF3N3O2/c1-2-15(18(28)25-11-12-7-3-4-8-13(12)21)27-16-10-6-5-9-14(16)26-17(19(27)29)20(22,23)24/h3-10,15H,2,11H2,1H3,(H,25,28)/t15-/m1/s1. The van der Waals surface area contributed by atoms with Crippen LogP contribution in [0.5, 0.6) is 0 Å². The van der Waals surface area contributed by atoms with Gasteiger partial charge in [-0.25, -0.2) is 4.98 Å². The molecule has 1 heterocycles. The van der Waals surface area contributed by atoms with E-state index >= 15 is 0 Å². The second kappa shape index (κ2) is 8.24. The molecule has 1 atom stereocenters. The van der Waals surface area contributed by atoms with E-state index in [0.29, 0.717) is 10.6 Å². The number of aromatic nitrogens is 2. The van der Waals surface area contributed by atoms with E-state index in [9.17, 15) is 22.8 Å². The molecule has 3 rings (SSSR count). The van der Waals surface area contributed by atoms with Crippen molar-refractivity contribution in [2.75, 3.05) is 0 Å². The normalized spacial score (nSPS) is 12.7. The van der Waals surface area contributed by atoms with Gasteiger partial charge in [0.2, 0.25) is 11.6 Å². The van der Waals surface area contributed by atoms with E-state index in [2.05, 4.69) is 10.3 Å². The van der Waals surface area contributed by atoms with Crippen molar-refractivity contribution in [2.24, 2.45) is 0 Å².